The number of nitrogens with zero attached hydrogens (tertiary/aromatic N) is 2. The molecule has 1 aliphatic heterocycles. The van der Waals surface area contributed by atoms with Crippen molar-refractivity contribution in [2.24, 2.45) is 5.92 Å². The van der Waals surface area contributed by atoms with Crippen LogP contribution in [-0.2, 0) is 0 Å². The minimum atomic E-state index is 0.911. The molecule has 2 fully saturated rings. The summed E-state index contributed by atoms with van der Waals surface area (Å²) < 4.78 is 0. The van der Waals surface area contributed by atoms with Gasteiger partial charge in [-0.2, -0.15) is 0 Å². The number of hydrogen-bond acceptors (Lipinski definition) is 2. The molecule has 0 aromatic carbocycles. The van der Waals surface area contributed by atoms with Gasteiger partial charge in [0, 0.05) is 32.2 Å². The molecular weight excluding hydrogens is 160 g/mol. The first kappa shape index (κ1) is 9.47. The Bertz CT molecular complexity index is 161. The number of hydrogen-bond donors (Lipinski definition) is 0. The van der Waals surface area contributed by atoms with Gasteiger partial charge in [0.2, 0.25) is 0 Å². The van der Waals surface area contributed by atoms with E-state index in [0.29, 0.717) is 0 Å². The van der Waals surface area contributed by atoms with Crippen LogP contribution in [0.5, 0.6) is 0 Å². The summed E-state index contributed by atoms with van der Waals surface area (Å²) >= 11 is 0. The quantitative estimate of drug-likeness (QED) is 0.605. The molecule has 0 amide bonds. The Balaban J connectivity index is 1.86. The van der Waals surface area contributed by atoms with Gasteiger partial charge in [-0.15, -0.1) is 0 Å². The standard InChI is InChI=1S/C11H22N2/c1-10-4-3-5-11(10)13-8-6-12(2)7-9-13/h10-11H,3-9H2,1-2H3/t10-,11-/m1/s1. The second-order valence-electron chi connectivity index (χ2n) is 4.81. The average molecular weight is 182 g/mol. The second-order valence-corrected chi connectivity index (χ2v) is 4.81. The highest BCUT2D eigenvalue weighted by atomic mass is 15.3. The van der Waals surface area contributed by atoms with E-state index in [1.807, 2.05) is 0 Å². The maximum absolute atomic E-state index is 2.72. The maximum Gasteiger partial charge on any atom is 0.0122 e. The van der Waals surface area contributed by atoms with Crippen LogP contribution >= 0.6 is 0 Å². The van der Waals surface area contributed by atoms with Gasteiger partial charge in [-0.25, -0.2) is 0 Å². The van der Waals surface area contributed by atoms with Gasteiger partial charge in [0.25, 0.3) is 0 Å². The van der Waals surface area contributed by atoms with Gasteiger partial charge in [0.1, 0.15) is 0 Å². The minimum absolute atomic E-state index is 0.911. The van der Waals surface area contributed by atoms with Gasteiger partial charge in [-0.1, -0.05) is 13.3 Å². The minimum Gasteiger partial charge on any atom is -0.304 e. The summed E-state index contributed by atoms with van der Waals surface area (Å²) in [6, 6.07) is 0.911. The van der Waals surface area contributed by atoms with E-state index in [1.165, 1.54) is 45.4 Å². The van der Waals surface area contributed by atoms with Crippen molar-refractivity contribution < 1.29 is 0 Å². The first-order valence-electron chi connectivity index (χ1n) is 5.70. The molecule has 1 heterocycles. The molecule has 1 saturated carbocycles. The number of likely N-dealkylation sites (N-methyl/N-ethyl adjacent to an activating group) is 1. The highest BCUT2D eigenvalue weighted by molar-refractivity contribution is 4.85. The summed E-state index contributed by atoms with van der Waals surface area (Å²) in [6.45, 7) is 7.56. The van der Waals surface area contributed by atoms with Crippen molar-refractivity contribution in [2.45, 2.75) is 32.2 Å². The topological polar surface area (TPSA) is 6.48 Å². The fourth-order valence-electron chi connectivity index (χ4n) is 2.82. The number of rotatable bonds is 1. The lowest BCUT2D eigenvalue weighted by atomic mass is 10.0. The maximum atomic E-state index is 2.72. The third-order valence-corrected chi connectivity index (χ3v) is 3.82. The molecule has 13 heavy (non-hydrogen) atoms. The van der Waals surface area contributed by atoms with E-state index in [4.69, 9.17) is 0 Å². The van der Waals surface area contributed by atoms with Crippen LogP contribution in [0.2, 0.25) is 0 Å². The Hall–Kier alpha value is -0.0800. The van der Waals surface area contributed by atoms with E-state index < -0.39 is 0 Å². The predicted molar refractivity (Wildman–Crippen MR) is 55.9 cm³/mol. The summed E-state index contributed by atoms with van der Waals surface area (Å²) in [7, 11) is 2.23. The lowest BCUT2D eigenvalue weighted by Crippen LogP contribution is -2.49. The lowest BCUT2D eigenvalue weighted by molar-refractivity contribution is 0.0958. The molecule has 2 heteroatoms. The summed E-state index contributed by atoms with van der Waals surface area (Å²) in [5, 5.41) is 0. The summed E-state index contributed by atoms with van der Waals surface area (Å²) in [5.74, 6) is 0.948. The molecule has 2 rings (SSSR count). The molecule has 76 valence electrons. The third-order valence-electron chi connectivity index (χ3n) is 3.82. The van der Waals surface area contributed by atoms with Crippen LogP contribution in [0, 0.1) is 5.92 Å². The fourth-order valence-corrected chi connectivity index (χ4v) is 2.82. The van der Waals surface area contributed by atoms with E-state index in [1.54, 1.807) is 0 Å². The summed E-state index contributed by atoms with van der Waals surface area (Å²) in [4.78, 5) is 5.16. The molecule has 0 unspecified atom stereocenters. The van der Waals surface area contributed by atoms with Crippen LogP contribution in [0.25, 0.3) is 0 Å². The first-order chi connectivity index (χ1) is 6.27. The Kier molecular flexibility index (Phi) is 2.89. The van der Waals surface area contributed by atoms with Gasteiger partial charge >= 0.3 is 0 Å². The van der Waals surface area contributed by atoms with Gasteiger partial charge in [-0.05, 0) is 25.8 Å². The zero-order valence-electron chi connectivity index (χ0n) is 9.00. The molecule has 0 spiro atoms. The van der Waals surface area contributed by atoms with Crippen molar-refractivity contribution in [1.29, 1.82) is 0 Å². The van der Waals surface area contributed by atoms with Crippen LogP contribution in [0.3, 0.4) is 0 Å². The number of piperazine rings is 1. The van der Waals surface area contributed by atoms with Crippen molar-refractivity contribution in [2.75, 3.05) is 33.2 Å². The molecule has 0 aromatic heterocycles. The molecule has 2 aliphatic rings. The fraction of sp³-hybridized carbons (Fsp3) is 1.00. The van der Waals surface area contributed by atoms with Crippen molar-refractivity contribution >= 4 is 0 Å². The summed E-state index contributed by atoms with van der Waals surface area (Å²) in [5.41, 5.74) is 0. The van der Waals surface area contributed by atoms with Gasteiger partial charge < -0.3 is 4.90 Å². The molecule has 2 atom stereocenters. The predicted octanol–water partition coefficient (Wildman–Crippen LogP) is 1.42. The van der Waals surface area contributed by atoms with Gasteiger partial charge in [0.05, 0.1) is 0 Å². The average Bonchev–Trinajstić information content (AvgIpc) is 2.53. The van der Waals surface area contributed by atoms with Crippen LogP contribution in [-0.4, -0.2) is 49.1 Å². The SMILES string of the molecule is C[C@@H]1CCC[C@H]1N1CCN(C)CC1. The summed E-state index contributed by atoms with van der Waals surface area (Å²) in [6.07, 6.45) is 4.36. The monoisotopic (exact) mass is 182 g/mol. The van der Waals surface area contributed by atoms with Crippen LogP contribution in [0.4, 0.5) is 0 Å². The van der Waals surface area contributed by atoms with Crippen molar-refractivity contribution in [3.8, 4) is 0 Å². The normalized spacial score (nSPS) is 38.3. The third kappa shape index (κ3) is 2.05. The molecule has 0 aromatic rings. The van der Waals surface area contributed by atoms with E-state index in [9.17, 15) is 0 Å². The highest BCUT2D eigenvalue weighted by Crippen LogP contribution is 2.29. The molecular formula is C11H22N2. The Morgan fingerprint density at radius 3 is 2.23 bits per heavy atom. The van der Waals surface area contributed by atoms with E-state index in [-0.39, 0.29) is 0 Å². The molecule has 0 radical (unpaired) electrons. The van der Waals surface area contributed by atoms with Crippen LogP contribution in [0.15, 0.2) is 0 Å². The van der Waals surface area contributed by atoms with Crippen molar-refractivity contribution in [3.63, 3.8) is 0 Å². The Labute approximate surface area is 81.9 Å². The Morgan fingerprint density at radius 2 is 1.69 bits per heavy atom. The van der Waals surface area contributed by atoms with E-state index in [0.717, 1.165) is 12.0 Å². The lowest BCUT2D eigenvalue weighted by Gasteiger charge is -2.38. The van der Waals surface area contributed by atoms with Crippen molar-refractivity contribution in [1.82, 2.24) is 9.80 Å². The van der Waals surface area contributed by atoms with Crippen molar-refractivity contribution in [3.05, 3.63) is 0 Å². The first-order valence-corrected chi connectivity index (χ1v) is 5.70. The molecule has 1 saturated heterocycles. The van der Waals surface area contributed by atoms with Gasteiger partial charge in [0.15, 0.2) is 0 Å². The molecule has 0 N–H and O–H groups in total. The van der Waals surface area contributed by atoms with Crippen LogP contribution < -0.4 is 0 Å². The van der Waals surface area contributed by atoms with E-state index in [2.05, 4.69) is 23.8 Å². The smallest absolute Gasteiger partial charge is 0.0122 e. The highest BCUT2D eigenvalue weighted by Gasteiger charge is 2.30. The largest absolute Gasteiger partial charge is 0.304 e. The van der Waals surface area contributed by atoms with E-state index >= 15 is 0 Å². The molecule has 0 bridgehead atoms. The Morgan fingerprint density at radius 1 is 1.00 bits per heavy atom. The zero-order valence-corrected chi connectivity index (χ0v) is 9.00. The van der Waals surface area contributed by atoms with Crippen LogP contribution in [0.1, 0.15) is 26.2 Å². The molecule has 2 nitrogen and oxygen atoms in total. The van der Waals surface area contributed by atoms with Gasteiger partial charge in [-0.3, -0.25) is 4.90 Å². The zero-order chi connectivity index (χ0) is 9.26. The second kappa shape index (κ2) is 3.97. The molecule has 1 aliphatic carbocycles.